The largest absolute Gasteiger partial charge is 0.346 e. The first kappa shape index (κ1) is 18.2. The molecule has 0 bridgehead atoms. The SMILES string of the molecule is Cc1cc(C)n(C)c(=O)c1C(=O)NCc1cc(=O)[nH]c(-c2ccccn2)n1. The first-order chi connectivity index (χ1) is 12.9. The summed E-state index contributed by atoms with van der Waals surface area (Å²) in [6.07, 6.45) is 1.60. The Morgan fingerprint density at radius 1 is 1.22 bits per heavy atom. The van der Waals surface area contributed by atoms with E-state index in [1.807, 2.05) is 0 Å². The summed E-state index contributed by atoms with van der Waals surface area (Å²) in [6.45, 7) is 3.53. The molecule has 0 fully saturated rings. The van der Waals surface area contributed by atoms with Crippen LogP contribution in [0.5, 0.6) is 0 Å². The molecule has 3 rings (SSSR count). The summed E-state index contributed by atoms with van der Waals surface area (Å²) >= 11 is 0. The lowest BCUT2D eigenvalue weighted by atomic mass is 10.1. The van der Waals surface area contributed by atoms with Crippen LogP contribution in [0.15, 0.2) is 46.1 Å². The predicted octanol–water partition coefficient (Wildman–Crippen LogP) is 1.08. The average Bonchev–Trinajstić information content (AvgIpc) is 2.65. The minimum Gasteiger partial charge on any atom is -0.346 e. The second-order valence-electron chi connectivity index (χ2n) is 6.19. The highest BCUT2D eigenvalue weighted by Gasteiger charge is 2.16. The summed E-state index contributed by atoms with van der Waals surface area (Å²) < 4.78 is 1.42. The smallest absolute Gasteiger partial charge is 0.263 e. The van der Waals surface area contributed by atoms with Crippen molar-refractivity contribution in [2.45, 2.75) is 20.4 Å². The van der Waals surface area contributed by atoms with Gasteiger partial charge < -0.3 is 14.9 Å². The van der Waals surface area contributed by atoms with E-state index >= 15 is 0 Å². The molecule has 8 heteroatoms. The maximum atomic E-state index is 12.5. The van der Waals surface area contributed by atoms with Crippen LogP contribution in [0.1, 0.15) is 27.3 Å². The fraction of sp³-hybridized carbons (Fsp3) is 0.211. The summed E-state index contributed by atoms with van der Waals surface area (Å²) in [4.78, 5) is 47.9. The van der Waals surface area contributed by atoms with Crippen molar-refractivity contribution in [3.8, 4) is 11.5 Å². The van der Waals surface area contributed by atoms with E-state index in [2.05, 4.69) is 20.3 Å². The molecule has 138 valence electrons. The zero-order valence-electron chi connectivity index (χ0n) is 15.2. The van der Waals surface area contributed by atoms with Crippen LogP contribution in [-0.2, 0) is 13.6 Å². The van der Waals surface area contributed by atoms with E-state index < -0.39 is 5.91 Å². The Hall–Kier alpha value is -3.55. The highest BCUT2D eigenvalue weighted by atomic mass is 16.2. The Balaban J connectivity index is 1.85. The Bertz CT molecular complexity index is 1120. The van der Waals surface area contributed by atoms with Crippen molar-refractivity contribution < 1.29 is 4.79 Å². The van der Waals surface area contributed by atoms with Crippen molar-refractivity contribution in [1.29, 1.82) is 0 Å². The number of aromatic amines is 1. The van der Waals surface area contributed by atoms with Gasteiger partial charge in [0.2, 0.25) is 0 Å². The number of carbonyl (C=O) groups is 1. The van der Waals surface area contributed by atoms with Gasteiger partial charge in [-0.15, -0.1) is 0 Å². The van der Waals surface area contributed by atoms with E-state index in [1.165, 1.54) is 10.6 Å². The lowest BCUT2D eigenvalue weighted by Gasteiger charge is -2.11. The van der Waals surface area contributed by atoms with Crippen LogP contribution in [-0.4, -0.2) is 25.4 Å². The second kappa shape index (κ2) is 7.36. The number of hydrogen-bond acceptors (Lipinski definition) is 5. The fourth-order valence-electron chi connectivity index (χ4n) is 2.74. The van der Waals surface area contributed by atoms with Crippen molar-refractivity contribution in [1.82, 2.24) is 24.8 Å². The van der Waals surface area contributed by atoms with Gasteiger partial charge in [-0.05, 0) is 37.6 Å². The van der Waals surface area contributed by atoms with Gasteiger partial charge in [0.1, 0.15) is 11.3 Å². The highest BCUT2D eigenvalue weighted by Crippen LogP contribution is 2.09. The number of aromatic nitrogens is 4. The molecule has 0 aliphatic carbocycles. The van der Waals surface area contributed by atoms with E-state index in [0.29, 0.717) is 22.8 Å². The van der Waals surface area contributed by atoms with Gasteiger partial charge in [0, 0.05) is 25.0 Å². The number of nitrogens with one attached hydrogen (secondary N) is 2. The molecule has 2 N–H and O–H groups in total. The van der Waals surface area contributed by atoms with Crippen LogP contribution >= 0.6 is 0 Å². The molecule has 0 atom stereocenters. The summed E-state index contributed by atoms with van der Waals surface area (Å²) in [5.41, 5.74) is 1.63. The van der Waals surface area contributed by atoms with E-state index in [4.69, 9.17) is 0 Å². The molecule has 27 heavy (non-hydrogen) atoms. The van der Waals surface area contributed by atoms with E-state index in [9.17, 15) is 14.4 Å². The lowest BCUT2D eigenvalue weighted by molar-refractivity contribution is 0.0947. The van der Waals surface area contributed by atoms with Gasteiger partial charge in [-0.25, -0.2) is 4.98 Å². The average molecular weight is 365 g/mol. The zero-order valence-corrected chi connectivity index (χ0v) is 15.2. The van der Waals surface area contributed by atoms with Gasteiger partial charge in [-0.3, -0.25) is 19.4 Å². The monoisotopic (exact) mass is 365 g/mol. The zero-order chi connectivity index (χ0) is 19.6. The first-order valence-electron chi connectivity index (χ1n) is 8.34. The van der Waals surface area contributed by atoms with Crippen molar-refractivity contribution in [2.24, 2.45) is 7.05 Å². The molecular formula is C19H19N5O3. The maximum Gasteiger partial charge on any atom is 0.263 e. The van der Waals surface area contributed by atoms with Crippen molar-refractivity contribution in [3.63, 3.8) is 0 Å². The highest BCUT2D eigenvalue weighted by molar-refractivity contribution is 5.95. The van der Waals surface area contributed by atoms with Crippen LogP contribution in [0.3, 0.4) is 0 Å². The molecule has 0 aliphatic rings. The van der Waals surface area contributed by atoms with Crippen LogP contribution in [0.2, 0.25) is 0 Å². The molecule has 3 aromatic rings. The molecular weight excluding hydrogens is 346 g/mol. The first-order valence-corrected chi connectivity index (χ1v) is 8.34. The molecule has 1 amide bonds. The molecule has 0 spiro atoms. The Morgan fingerprint density at radius 3 is 2.70 bits per heavy atom. The van der Waals surface area contributed by atoms with Crippen LogP contribution < -0.4 is 16.4 Å². The predicted molar refractivity (Wildman–Crippen MR) is 100 cm³/mol. The Labute approximate surface area is 154 Å². The van der Waals surface area contributed by atoms with Gasteiger partial charge in [0.25, 0.3) is 17.0 Å². The minimum atomic E-state index is -0.505. The second-order valence-corrected chi connectivity index (χ2v) is 6.19. The van der Waals surface area contributed by atoms with E-state index in [0.717, 1.165) is 5.69 Å². The summed E-state index contributed by atoms with van der Waals surface area (Å²) in [7, 11) is 1.62. The van der Waals surface area contributed by atoms with Crippen molar-refractivity contribution in [3.05, 3.63) is 79.8 Å². The lowest BCUT2D eigenvalue weighted by Crippen LogP contribution is -2.34. The van der Waals surface area contributed by atoms with Gasteiger partial charge >= 0.3 is 0 Å². The molecule has 0 saturated carbocycles. The molecule has 3 aromatic heterocycles. The number of aryl methyl sites for hydroxylation is 2. The third-order valence-electron chi connectivity index (χ3n) is 4.23. The number of nitrogens with zero attached hydrogens (tertiary/aromatic N) is 3. The number of H-pyrrole nitrogens is 1. The molecule has 0 aromatic carbocycles. The molecule has 0 aliphatic heterocycles. The third-order valence-corrected chi connectivity index (χ3v) is 4.23. The molecule has 0 saturated heterocycles. The fourth-order valence-corrected chi connectivity index (χ4v) is 2.74. The van der Waals surface area contributed by atoms with Crippen LogP contribution in [0, 0.1) is 13.8 Å². The molecule has 8 nitrogen and oxygen atoms in total. The van der Waals surface area contributed by atoms with Crippen molar-refractivity contribution in [2.75, 3.05) is 0 Å². The standard InChI is InChI=1S/C19H19N5O3/c1-11-8-12(2)24(3)19(27)16(11)18(26)21-10-13-9-15(25)23-17(22-13)14-6-4-5-7-20-14/h4-9H,10H2,1-3H3,(H,21,26)(H,22,23,25). The van der Waals surface area contributed by atoms with Gasteiger partial charge in [0.15, 0.2) is 5.82 Å². The summed E-state index contributed by atoms with van der Waals surface area (Å²) in [5, 5.41) is 2.66. The van der Waals surface area contributed by atoms with E-state index in [-0.39, 0.29) is 23.2 Å². The van der Waals surface area contributed by atoms with Gasteiger partial charge in [0.05, 0.1) is 12.2 Å². The topological polar surface area (TPSA) is 110 Å². The molecule has 0 radical (unpaired) electrons. The Morgan fingerprint density at radius 2 is 2.00 bits per heavy atom. The third kappa shape index (κ3) is 3.84. The number of amides is 1. The van der Waals surface area contributed by atoms with E-state index in [1.54, 1.807) is 51.4 Å². The number of rotatable bonds is 4. The quantitative estimate of drug-likeness (QED) is 0.719. The maximum absolute atomic E-state index is 12.5. The minimum absolute atomic E-state index is 0.0130. The van der Waals surface area contributed by atoms with Crippen molar-refractivity contribution >= 4 is 5.91 Å². The normalized spacial score (nSPS) is 10.6. The van der Waals surface area contributed by atoms with Gasteiger partial charge in [-0.1, -0.05) is 6.07 Å². The number of pyridine rings is 2. The number of carbonyl (C=O) groups excluding carboxylic acids is 1. The molecule has 3 heterocycles. The summed E-state index contributed by atoms with van der Waals surface area (Å²) in [5.74, 6) is -0.190. The van der Waals surface area contributed by atoms with Gasteiger partial charge in [-0.2, -0.15) is 0 Å². The Kier molecular flexibility index (Phi) is 4.98. The molecule has 0 unspecified atom stereocenters. The summed E-state index contributed by atoms with van der Waals surface area (Å²) in [6, 6.07) is 8.34. The van der Waals surface area contributed by atoms with Crippen LogP contribution in [0.4, 0.5) is 0 Å². The number of hydrogen-bond donors (Lipinski definition) is 2. The van der Waals surface area contributed by atoms with Crippen LogP contribution in [0.25, 0.3) is 11.5 Å².